The molecule has 0 aliphatic heterocycles. The zero-order valence-corrected chi connectivity index (χ0v) is 17.6. The third-order valence-corrected chi connectivity index (χ3v) is 5.55. The van der Waals surface area contributed by atoms with E-state index < -0.39 is 34.3 Å². The molecule has 0 radical (unpaired) electrons. The van der Waals surface area contributed by atoms with Crippen molar-refractivity contribution in [3.8, 4) is 0 Å². The van der Waals surface area contributed by atoms with Gasteiger partial charge in [-0.2, -0.15) is 0 Å². The van der Waals surface area contributed by atoms with Crippen molar-refractivity contribution >= 4 is 44.3 Å². The SMILES string of the molecule is COC(=O)c1cn(CC(=O)OCC(=O)Nc2ccc(S(C)(=O)=O)cc2)c2ccccc12. The van der Waals surface area contributed by atoms with Gasteiger partial charge in [0.05, 0.1) is 17.6 Å². The van der Waals surface area contributed by atoms with Crippen molar-refractivity contribution in [2.45, 2.75) is 11.4 Å². The van der Waals surface area contributed by atoms with Gasteiger partial charge in [-0.3, -0.25) is 9.59 Å². The molecule has 1 aromatic heterocycles. The number of nitrogens with one attached hydrogen (secondary N) is 1. The van der Waals surface area contributed by atoms with Crippen LogP contribution in [0.2, 0.25) is 0 Å². The second-order valence-electron chi connectivity index (χ2n) is 6.68. The predicted octanol–water partition coefficient (Wildman–Crippen LogP) is 2.01. The van der Waals surface area contributed by atoms with Crippen LogP contribution in [0.5, 0.6) is 0 Å². The summed E-state index contributed by atoms with van der Waals surface area (Å²) < 4.78 is 34.3. The number of esters is 2. The molecule has 1 amide bonds. The highest BCUT2D eigenvalue weighted by atomic mass is 32.2. The number of ether oxygens (including phenoxy) is 2. The van der Waals surface area contributed by atoms with Crippen LogP contribution >= 0.6 is 0 Å². The summed E-state index contributed by atoms with van der Waals surface area (Å²) in [6.07, 6.45) is 2.59. The minimum absolute atomic E-state index is 0.127. The molecule has 0 bridgehead atoms. The second-order valence-corrected chi connectivity index (χ2v) is 8.70. The van der Waals surface area contributed by atoms with Crippen molar-refractivity contribution in [2.75, 3.05) is 25.3 Å². The molecule has 10 heteroatoms. The molecule has 0 saturated carbocycles. The van der Waals surface area contributed by atoms with Crippen LogP contribution in [0.25, 0.3) is 10.9 Å². The van der Waals surface area contributed by atoms with Gasteiger partial charge < -0.3 is 19.4 Å². The number of hydrogen-bond donors (Lipinski definition) is 1. The molecule has 0 aliphatic carbocycles. The summed E-state index contributed by atoms with van der Waals surface area (Å²) in [4.78, 5) is 36.3. The fourth-order valence-corrected chi connectivity index (χ4v) is 3.59. The van der Waals surface area contributed by atoms with E-state index in [4.69, 9.17) is 9.47 Å². The number of nitrogens with zero attached hydrogens (tertiary/aromatic N) is 1. The molecule has 0 atom stereocenters. The summed E-state index contributed by atoms with van der Waals surface area (Å²) in [5.74, 6) is -1.77. The molecule has 3 aromatic rings. The van der Waals surface area contributed by atoms with Crippen molar-refractivity contribution in [2.24, 2.45) is 0 Å². The zero-order chi connectivity index (χ0) is 22.6. The molecule has 0 spiro atoms. The first-order chi connectivity index (χ1) is 14.7. The van der Waals surface area contributed by atoms with Crippen LogP contribution in [0, 0.1) is 0 Å². The Balaban J connectivity index is 1.60. The number of hydrogen-bond acceptors (Lipinski definition) is 7. The van der Waals surface area contributed by atoms with E-state index in [9.17, 15) is 22.8 Å². The summed E-state index contributed by atoms with van der Waals surface area (Å²) in [6, 6.07) is 12.7. The van der Waals surface area contributed by atoms with E-state index in [0.29, 0.717) is 22.2 Å². The molecule has 1 N–H and O–H groups in total. The summed E-state index contributed by atoms with van der Waals surface area (Å²) >= 11 is 0. The highest BCUT2D eigenvalue weighted by Gasteiger charge is 2.17. The summed E-state index contributed by atoms with van der Waals surface area (Å²) in [5, 5.41) is 3.15. The Hall–Kier alpha value is -3.66. The number of benzene rings is 2. The van der Waals surface area contributed by atoms with Gasteiger partial charge in [0.2, 0.25) is 0 Å². The number of methoxy groups -OCH3 is 1. The Kier molecular flexibility index (Phi) is 6.40. The lowest BCUT2D eigenvalue weighted by atomic mass is 10.2. The molecule has 1 heterocycles. The molecular weight excluding hydrogens is 424 g/mol. The number of fused-ring (bicyclic) bond motifs is 1. The molecule has 0 saturated heterocycles. The van der Waals surface area contributed by atoms with Gasteiger partial charge in [0, 0.05) is 29.0 Å². The Labute approximate surface area is 178 Å². The fraction of sp³-hybridized carbons (Fsp3) is 0.190. The average Bonchev–Trinajstić information content (AvgIpc) is 3.10. The number of carbonyl (C=O) groups is 3. The monoisotopic (exact) mass is 444 g/mol. The maximum Gasteiger partial charge on any atom is 0.340 e. The van der Waals surface area contributed by atoms with Gasteiger partial charge in [0.15, 0.2) is 16.4 Å². The van der Waals surface area contributed by atoms with Gasteiger partial charge in [0.25, 0.3) is 5.91 Å². The number of aromatic nitrogens is 1. The van der Waals surface area contributed by atoms with Gasteiger partial charge in [-0.25, -0.2) is 13.2 Å². The topological polar surface area (TPSA) is 121 Å². The maximum absolute atomic E-state index is 12.2. The van der Waals surface area contributed by atoms with E-state index in [1.165, 1.54) is 37.6 Å². The quantitative estimate of drug-likeness (QED) is 0.554. The van der Waals surface area contributed by atoms with Crippen LogP contribution in [0.4, 0.5) is 5.69 Å². The first-order valence-corrected chi connectivity index (χ1v) is 11.0. The molecule has 2 aromatic carbocycles. The average molecular weight is 444 g/mol. The van der Waals surface area contributed by atoms with Gasteiger partial charge in [-0.1, -0.05) is 18.2 Å². The first-order valence-electron chi connectivity index (χ1n) is 9.11. The second kappa shape index (κ2) is 9.00. The number of carbonyl (C=O) groups excluding carboxylic acids is 3. The van der Waals surface area contributed by atoms with Crippen LogP contribution in [-0.2, 0) is 35.4 Å². The smallest absolute Gasteiger partial charge is 0.340 e. The van der Waals surface area contributed by atoms with Crippen LogP contribution in [0.15, 0.2) is 59.6 Å². The molecular formula is C21H20N2O7S. The van der Waals surface area contributed by atoms with Gasteiger partial charge in [-0.15, -0.1) is 0 Å². The molecule has 0 aliphatic rings. The third kappa shape index (κ3) is 5.28. The van der Waals surface area contributed by atoms with Crippen LogP contribution in [0.3, 0.4) is 0 Å². The normalized spacial score (nSPS) is 11.2. The third-order valence-electron chi connectivity index (χ3n) is 4.42. The van der Waals surface area contributed by atoms with Crippen molar-refractivity contribution in [1.29, 1.82) is 0 Å². The number of para-hydroxylation sites is 1. The minimum atomic E-state index is -3.33. The van der Waals surface area contributed by atoms with Crippen LogP contribution in [0.1, 0.15) is 10.4 Å². The molecule has 31 heavy (non-hydrogen) atoms. The molecule has 9 nitrogen and oxygen atoms in total. The van der Waals surface area contributed by atoms with E-state index in [1.807, 2.05) is 0 Å². The number of anilines is 1. The predicted molar refractivity (Wildman–Crippen MR) is 112 cm³/mol. The first kappa shape index (κ1) is 22.0. The largest absolute Gasteiger partial charge is 0.465 e. The van der Waals surface area contributed by atoms with Crippen LogP contribution < -0.4 is 5.32 Å². The standard InChI is InChI=1S/C21H20N2O7S/c1-29-21(26)17-11-23(18-6-4-3-5-16(17)18)12-20(25)30-13-19(24)22-14-7-9-15(10-8-14)31(2,27)28/h3-11H,12-13H2,1-2H3,(H,22,24). The minimum Gasteiger partial charge on any atom is -0.465 e. The Morgan fingerprint density at radius 2 is 1.71 bits per heavy atom. The van der Waals surface area contributed by atoms with Crippen molar-refractivity contribution in [3.63, 3.8) is 0 Å². The van der Waals surface area contributed by atoms with Gasteiger partial charge >= 0.3 is 11.9 Å². The van der Waals surface area contributed by atoms with E-state index in [2.05, 4.69) is 5.32 Å². The van der Waals surface area contributed by atoms with Crippen molar-refractivity contribution < 1.29 is 32.3 Å². The summed E-state index contributed by atoms with van der Waals surface area (Å²) in [5.41, 5.74) is 1.34. The highest BCUT2D eigenvalue weighted by molar-refractivity contribution is 7.90. The van der Waals surface area contributed by atoms with Gasteiger partial charge in [-0.05, 0) is 30.3 Å². The summed E-state index contributed by atoms with van der Waals surface area (Å²) in [6.45, 7) is -0.719. The summed E-state index contributed by atoms with van der Waals surface area (Å²) in [7, 11) is -2.06. The zero-order valence-electron chi connectivity index (χ0n) is 16.8. The molecule has 0 unspecified atom stereocenters. The highest BCUT2D eigenvalue weighted by Crippen LogP contribution is 2.22. The van der Waals surface area contributed by atoms with Crippen molar-refractivity contribution in [3.05, 3.63) is 60.3 Å². The fourth-order valence-electron chi connectivity index (χ4n) is 2.96. The number of sulfone groups is 1. The van der Waals surface area contributed by atoms with E-state index in [1.54, 1.807) is 28.8 Å². The van der Waals surface area contributed by atoms with Gasteiger partial charge in [0.1, 0.15) is 6.54 Å². The maximum atomic E-state index is 12.2. The van der Waals surface area contributed by atoms with Crippen molar-refractivity contribution in [1.82, 2.24) is 4.57 Å². The Morgan fingerprint density at radius 3 is 2.35 bits per heavy atom. The molecule has 3 rings (SSSR count). The Bertz CT molecular complexity index is 1240. The molecule has 162 valence electrons. The number of rotatable bonds is 7. The number of amides is 1. The lowest BCUT2D eigenvalue weighted by Gasteiger charge is -2.08. The lowest BCUT2D eigenvalue weighted by molar-refractivity contribution is -0.147. The van der Waals surface area contributed by atoms with E-state index >= 15 is 0 Å². The van der Waals surface area contributed by atoms with E-state index in [-0.39, 0.29) is 11.4 Å². The van der Waals surface area contributed by atoms with E-state index in [0.717, 1.165) is 6.26 Å². The van der Waals surface area contributed by atoms with Crippen LogP contribution in [-0.4, -0.2) is 50.8 Å². The Morgan fingerprint density at radius 1 is 1.03 bits per heavy atom. The molecule has 0 fully saturated rings. The lowest BCUT2D eigenvalue weighted by Crippen LogP contribution is -2.22.